The monoisotopic (exact) mass is 404 g/mol. The van der Waals surface area contributed by atoms with Crippen LogP contribution in [0.15, 0.2) is 78.9 Å². The van der Waals surface area contributed by atoms with Crippen molar-refractivity contribution >= 4 is 33.6 Å². The number of aromatic nitrogens is 1. The first-order valence-corrected chi connectivity index (χ1v) is 9.94. The summed E-state index contributed by atoms with van der Waals surface area (Å²) >= 11 is 0. The summed E-state index contributed by atoms with van der Waals surface area (Å²) in [6.07, 6.45) is 0. The third-order valence-corrected chi connectivity index (χ3v) is 5.84. The topological polar surface area (TPSA) is 82.2 Å². The molecule has 1 aliphatic heterocycles. The van der Waals surface area contributed by atoms with Crippen molar-refractivity contribution < 1.29 is 14.7 Å². The van der Waals surface area contributed by atoms with Crippen LogP contribution >= 0.6 is 0 Å². The number of phenols is 1. The van der Waals surface area contributed by atoms with Gasteiger partial charge in [0, 0.05) is 27.4 Å². The van der Waals surface area contributed by atoms with E-state index in [9.17, 15) is 14.7 Å². The fraction of sp³-hybridized carbons (Fsp3) is 0. The van der Waals surface area contributed by atoms with Crippen molar-refractivity contribution in [2.75, 3.05) is 0 Å². The van der Waals surface area contributed by atoms with Gasteiger partial charge in [-0.15, -0.1) is 0 Å². The van der Waals surface area contributed by atoms with E-state index >= 15 is 0 Å². The molecule has 0 radical (unpaired) electrons. The SMILES string of the molecule is O=C1NC(=O)c2c1c(-c1ccccc1)c(-c1ccccc1)c1[nH]c3ccc(O)cc3c21. The summed E-state index contributed by atoms with van der Waals surface area (Å²) in [5.41, 5.74) is 5.60. The van der Waals surface area contributed by atoms with Crippen LogP contribution in [-0.4, -0.2) is 21.9 Å². The minimum absolute atomic E-state index is 0.0975. The van der Waals surface area contributed by atoms with Gasteiger partial charge in [-0.1, -0.05) is 60.7 Å². The van der Waals surface area contributed by atoms with E-state index in [0.717, 1.165) is 27.7 Å². The second-order valence-corrected chi connectivity index (χ2v) is 7.62. The highest BCUT2D eigenvalue weighted by molar-refractivity contribution is 6.34. The number of carbonyl (C=O) groups is 2. The first-order chi connectivity index (χ1) is 15.1. The smallest absolute Gasteiger partial charge is 0.259 e. The van der Waals surface area contributed by atoms with Crippen LogP contribution in [0.25, 0.3) is 44.1 Å². The van der Waals surface area contributed by atoms with E-state index in [1.807, 2.05) is 60.7 Å². The molecule has 2 amide bonds. The molecule has 31 heavy (non-hydrogen) atoms. The van der Waals surface area contributed by atoms with Crippen molar-refractivity contribution in [3.05, 3.63) is 90.0 Å². The number of hydrogen-bond donors (Lipinski definition) is 3. The largest absolute Gasteiger partial charge is 0.508 e. The lowest BCUT2D eigenvalue weighted by Gasteiger charge is -2.16. The van der Waals surface area contributed by atoms with Crippen molar-refractivity contribution in [1.29, 1.82) is 0 Å². The highest BCUT2D eigenvalue weighted by atomic mass is 16.3. The maximum atomic E-state index is 13.0. The van der Waals surface area contributed by atoms with E-state index in [0.29, 0.717) is 27.5 Å². The quantitative estimate of drug-likeness (QED) is 0.352. The van der Waals surface area contributed by atoms with E-state index < -0.39 is 11.8 Å². The van der Waals surface area contributed by atoms with Crippen LogP contribution in [0, 0.1) is 0 Å². The number of fused-ring (bicyclic) bond motifs is 5. The van der Waals surface area contributed by atoms with Gasteiger partial charge in [0.05, 0.1) is 16.6 Å². The third kappa shape index (κ3) is 2.43. The van der Waals surface area contributed by atoms with Crippen LogP contribution in [0.3, 0.4) is 0 Å². The Morgan fingerprint density at radius 2 is 1.26 bits per heavy atom. The fourth-order valence-electron chi connectivity index (χ4n) is 4.60. The fourth-order valence-corrected chi connectivity index (χ4v) is 4.60. The van der Waals surface area contributed by atoms with Gasteiger partial charge in [-0.2, -0.15) is 0 Å². The van der Waals surface area contributed by atoms with E-state index in [1.165, 1.54) is 0 Å². The summed E-state index contributed by atoms with van der Waals surface area (Å²) in [4.78, 5) is 29.4. The molecule has 5 aromatic rings. The number of imide groups is 1. The van der Waals surface area contributed by atoms with Gasteiger partial charge in [-0.05, 0) is 29.3 Å². The van der Waals surface area contributed by atoms with Crippen LogP contribution < -0.4 is 5.32 Å². The molecule has 0 fully saturated rings. The molecule has 5 heteroatoms. The summed E-state index contributed by atoms with van der Waals surface area (Å²) in [7, 11) is 0. The minimum atomic E-state index is -0.425. The van der Waals surface area contributed by atoms with Gasteiger partial charge >= 0.3 is 0 Å². The molecule has 0 spiro atoms. The molecule has 0 bridgehead atoms. The normalized spacial score (nSPS) is 13.0. The van der Waals surface area contributed by atoms with Crippen LogP contribution in [0.2, 0.25) is 0 Å². The summed E-state index contributed by atoms with van der Waals surface area (Å²) in [5, 5.41) is 13.9. The molecule has 0 aliphatic carbocycles. The lowest BCUT2D eigenvalue weighted by molar-refractivity contribution is 0.0880. The zero-order valence-corrected chi connectivity index (χ0v) is 16.3. The summed E-state index contributed by atoms with van der Waals surface area (Å²) in [6.45, 7) is 0. The van der Waals surface area contributed by atoms with Crippen LogP contribution in [0.1, 0.15) is 20.7 Å². The zero-order valence-electron chi connectivity index (χ0n) is 16.3. The molecule has 148 valence electrons. The van der Waals surface area contributed by atoms with Gasteiger partial charge in [-0.3, -0.25) is 14.9 Å². The number of aromatic amines is 1. The highest BCUT2D eigenvalue weighted by Crippen LogP contribution is 2.46. The van der Waals surface area contributed by atoms with Crippen molar-refractivity contribution in [3.63, 3.8) is 0 Å². The molecular formula is C26H16N2O3. The summed E-state index contributed by atoms with van der Waals surface area (Å²) in [6, 6.07) is 24.5. The number of phenolic OH excluding ortho intramolecular Hbond substituents is 1. The van der Waals surface area contributed by atoms with Crippen LogP contribution in [-0.2, 0) is 0 Å². The van der Waals surface area contributed by atoms with Gasteiger partial charge in [0.2, 0.25) is 0 Å². The summed E-state index contributed by atoms with van der Waals surface area (Å²) < 4.78 is 0. The van der Waals surface area contributed by atoms with Gasteiger partial charge in [0.25, 0.3) is 11.8 Å². The second kappa shape index (κ2) is 6.31. The third-order valence-electron chi connectivity index (χ3n) is 5.84. The predicted octanol–water partition coefficient (Wildman–Crippen LogP) is 5.24. The Bertz CT molecular complexity index is 1530. The second-order valence-electron chi connectivity index (χ2n) is 7.62. The van der Waals surface area contributed by atoms with E-state index in [2.05, 4.69) is 10.3 Å². The molecule has 0 saturated heterocycles. The predicted molar refractivity (Wildman–Crippen MR) is 120 cm³/mol. The Balaban J connectivity index is 1.92. The molecule has 1 aromatic heterocycles. The van der Waals surface area contributed by atoms with Gasteiger partial charge < -0.3 is 10.1 Å². The van der Waals surface area contributed by atoms with Gasteiger partial charge in [-0.25, -0.2) is 0 Å². The molecule has 0 unspecified atom stereocenters. The molecule has 3 N–H and O–H groups in total. The Labute approximate surface area is 177 Å². The number of benzene rings is 4. The zero-order chi connectivity index (χ0) is 21.1. The van der Waals surface area contributed by atoms with Gasteiger partial charge in [0.15, 0.2) is 0 Å². The van der Waals surface area contributed by atoms with Gasteiger partial charge in [0.1, 0.15) is 5.75 Å². The highest BCUT2D eigenvalue weighted by Gasteiger charge is 2.36. The molecule has 5 nitrogen and oxygen atoms in total. The summed E-state index contributed by atoms with van der Waals surface area (Å²) in [5.74, 6) is -0.737. The lowest BCUT2D eigenvalue weighted by atomic mass is 9.85. The van der Waals surface area contributed by atoms with Crippen LogP contribution in [0.4, 0.5) is 0 Å². The molecule has 6 rings (SSSR count). The number of rotatable bonds is 2. The Morgan fingerprint density at radius 3 is 1.94 bits per heavy atom. The van der Waals surface area contributed by atoms with Crippen molar-refractivity contribution in [2.24, 2.45) is 0 Å². The first-order valence-electron chi connectivity index (χ1n) is 9.94. The Kier molecular flexibility index (Phi) is 3.56. The van der Waals surface area contributed by atoms with Crippen LogP contribution in [0.5, 0.6) is 5.75 Å². The molecule has 0 atom stereocenters. The molecular weight excluding hydrogens is 388 g/mol. The van der Waals surface area contributed by atoms with E-state index in [1.54, 1.807) is 18.2 Å². The van der Waals surface area contributed by atoms with Crippen molar-refractivity contribution in [1.82, 2.24) is 10.3 Å². The average Bonchev–Trinajstić information content (AvgIpc) is 3.30. The first kappa shape index (κ1) is 17.5. The Morgan fingerprint density at radius 1 is 0.645 bits per heavy atom. The minimum Gasteiger partial charge on any atom is -0.508 e. The number of aromatic hydroxyl groups is 1. The molecule has 4 aromatic carbocycles. The molecule has 2 heterocycles. The maximum Gasteiger partial charge on any atom is 0.259 e. The average molecular weight is 404 g/mol. The van der Waals surface area contributed by atoms with E-state index in [-0.39, 0.29) is 5.75 Å². The van der Waals surface area contributed by atoms with Crippen molar-refractivity contribution in [3.8, 4) is 28.0 Å². The standard InChI is InChI=1S/C26H16N2O3/c29-16-11-12-18-17(13-16)21-23-22(25(30)28-26(23)31)19(14-7-3-1-4-8-14)20(24(21)27-18)15-9-5-2-6-10-15/h1-13,27,29H,(H,28,30,31). The number of nitrogens with one attached hydrogen (secondary N) is 2. The lowest BCUT2D eigenvalue weighted by Crippen LogP contribution is -2.20. The number of hydrogen-bond acceptors (Lipinski definition) is 3. The number of H-pyrrole nitrogens is 1. The van der Waals surface area contributed by atoms with E-state index in [4.69, 9.17) is 0 Å². The number of carbonyl (C=O) groups excluding carboxylic acids is 2. The Hall–Kier alpha value is -4.38. The number of amides is 2. The van der Waals surface area contributed by atoms with Crippen molar-refractivity contribution in [2.45, 2.75) is 0 Å². The molecule has 1 aliphatic rings. The molecule has 0 saturated carbocycles. The maximum absolute atomic E-state index is 13.0.